The monoisotopic (exact) mass is 375 g/mol. The van der Waals surface area contributed by atoms with Crippen LogP contribution in [0.5, 0.6) is 5.88 Å². The third-order valence-electron chi connectivity index (χ3n) is 2.96. The summed E-state index contributed by atoms with van der Waals surface area (Å²) >= 11 is 5.87. The highest BCUT2D eigenvalue weighted by Gasteiger charge is 2.29. The zero-order valence-electron chi connectivity index (χ0n) is 12.8. The summed E-state index contributed by atoms with van der Waals surface area (Å²) in [5.41, 5.74) is 5.95. The highest BCUT2D eigenvalue weighted by molar-refractivity contribution is 6.31. The fourth-order valence-corrected chi connectivity index (χ4v) is 2.02. The Morgan fingerprint density at radius 1 is 1.44 bits per heavy atom. The second-order valence-corrected chi connectivity index (χ2v) is 5.36. The standard InChI is InChI=1S/C14H13ClF3N5O2/c1-7(22-11(24)10-2-3-20-13(19)23-10)8-4-9(15)12(21-5-8)25-6-14(16,17)18/h2-5,7H,6H2,1H3,(H,22,24)(H2,19,20,23). The Bertz CT molecular complexity index is 772. The molecule has 2 aromatic rings. The predicted molar refractivity (Wildman–Crippen MR) is 83.1 cm³/mol. The van der Waals surface area contributed by atoms with E-state index in [1.807, 2.05) is 0 Å². The lowest BCUT2D eigenvalue weighted by Crippen LogP contribution is -2.28. The second kappa shape index (κ2) is 7.51. The van der Waals surface area contributed by atoms with Gasteiger partial charge in [-0.15, -0.1) is 0 Å². The molecule has 0 fully saturated rings. The van der Waals surface area contributed by atoms with Crippen LogP contribution in [0.2, 0.25) is 5.02 Å². The van der Waals surface area contributed by atoms with Crippen LogP contribution < -0.4 is 15.8 Å². The Morgan fingerprint density at radius 2 is 2.16 bits per heavy atom. The number of nitrogens with one attached hydrogen (secondary N) is 1. The molecular weight excluding hydrogens is 363 g/mol. The fourth-order valence-electron chi connectivity index (χ4n) is 1.79. The Kier molecular flexibility index (Phi) is 5.62. The van der Waals surface area contributed by atoms with Crippen LogP contribution in [0, 0.1) is 0 Å². The van der Waals surface area contributed by atoms with Gasteiger partial charge in [0.1, 0.15) is 10.7 Å². The van der Waals surface area contributed by atoms with E-state index in [-0.39, 0.29) is 22.5 Å². The quantitative estimate of drug-likeness (QED) is 0.832. The summed E-state index contributed by atoms with van der Waals surface area (Å²) in [5, 5.41) is 2.54. The first-order valence-corrected chi connectivity index (χ1v) is 7.28. The van der Waals surface area contributed by atoms with Gasteiger partial charge in [0.05, 0.1) is 6.04 Å². The molecule has 134 valence electrons. The van der Waals surface area contributed by atoms with E-state index in [0.717, 1.165) is 0 Å². The predicted octanol–water partition coefficient (Wildman–Crippen LogP) is 2.54. The molecular formula is C14H13ClF3N5O2. The zero-order chi connectivity index (χ0) is 18.6. The summed E-state index contributed by atoms with van der Waals surface area (Å²) < 4.78 is 41.0. The molecule has 0 saturated heterocycles. The van der Waals surface area contributed by atoms with Crippen LogP contribution in [0.4, 0.5) is 19.1 Å². The Hall–Kier alpha value is -2.62. The van der Waals surface area contributed by atoms with Gasteiger partial charge >= 0.3 is 6.18 Å². The summed E-state index contributed by atoms with van der Waals surface area (Å²) in [7, 11) is 0. The van der Waals surface area contributed by atoms with E-state index in [1.54, 1.807) is 6.92 Å². The molecule has 1 atom stereocenters. The molecule has 25 heavy (non-hydrogen) atoms. The SMILES string of the molecule is CC(NC(=O)c1ccnc(N)n1)c1cnc(OCC(F)(F)F)c(Cl)c1. The molecule has 3 N–H and O–H groups in total. The largest absolute Gasteiger partial charge is 0.467 e. The number of nitrogens with two attached hydrogens (primary N) is 1. The molecule has 0 spiro atoms. The van der Waals surface area contributed by atoms with E-state index >= 15 is 0 Å². The van der Waals surface area contributed by atoms with Crippen LogP contribution >= 0.6 is 11.6 Å². The number of pyridine rings is 1. The summed E-state index contributed by atoms with van der Waals surface area (Å²) in [6.07, 6.45) is -1.89. The average molecular weight is 376 g/mol. The molecule has 0 aliphatic rings. The summed E-state index contributed by atoms with van der Waals surface area (Å²) in [6.45, 7) is 0.145. The van der Waals surface area contributed by atoms with Crippen molar-refractivity contribution in [1.82, 2.24) is 20.3 Å². The molecule has 0 aromatic carbocycles. The lowest BCUT2D eigenvalue weighted by molar-refractivity contribution is -0.154. The molecule has 0 saturated carbocycles. The van der Waals surface area contributed by atoms with Crippen LogP contribution in [-0.2, 0) is 0 Å². The number of hydrogen-bond acceptors (Lipinski definition) is 6. The van der Waals surface area contributed by atoms with E-state index in [2.05, 4.69) is 25.0 Å². The summed E-state index contributed by atoms with van der Waals surface area (Å²) in [6, 6.07) is 2.21. The molecule has 11 heteroatoms. The number of nitrogen functional groups attached to an aromatic ring is 1. The molecule has 2 aromatic heterocycles. The Labute approximate surface area is 145 Å². The van der Waals surface area contributed by atoms with Crippen molar-refractivity contribution in [3.05, 3.63) is 40.8 Å². The molecule has 0 aliphatic carbocycles. The van der Waals surface area contributed by atoms with Crippen molar-refractivity contribution in [3.63, 3.8) is 0 Å². The van der Waals surface area contributed by atoms with Crippen molar-refractivity contribution in [3.8, 4) is 5.88 Å². The average Bonchev–Trinajstić information content (AvgIpc) is 2.52. The van der Waals surface area contributed by atoms with Gasteiger partial charge in [-0.25, -0.2) is 15.0 Å². The first-order valence-electron chi connectivity index (χ1n) is 6.90. The number of amides is 1. The van der Waals surface area contributed by atoms with Crippen molar-refractivity contribution in [2.45, 2.75) is 19.1 Å². The summed E-state index contributed by atoms with van der Waals surface area (Å²) in [4.78, 5) is 23.3. The maximum absolute atomic E-state index is 12.2. The third kappa shape index (κ3) is 5.45. The van der Waals surface area contributed by atoms with Crippen LogP contribution in [0.25, 0.3) is 0 Å². The minimum absolute atomic E-state index is 0.0452. The lowest BCUT2D eigenvalue weighted by Gasteiger charge is -2.15. The number of hydrogen-bond donors (Lipinski definition) is 2. The number of aromatic nitrogens is 3. The van der Waals surface area contributed by atoms with E-state index in [9.17, 15) is 18.0 Å². The number of anilines is 1. The minimum atomic E-state index is -4.50. The summed E-state index contributed by atoms with van der Waals surface area (Å²) in [5.74, 6) is -0.892. The van der Waals surface area contributed by atoms with Crippen molar-refractivity contribution >= 4 is 23.5 Å². The smallest absolute Gasteiger partial charge is 0.422 e. The van der Waals surface area contributed by atoms with Crippen molar-refractivity contribution in [2.24, 2.45) is 0 Å². The number of carbonyl (C=O) groups is 1. The molecule has 2 rings (SSSR count). The van der Waals surface area contributed by atoms with Gasteiger partial charge in [0.25, 0.3) is 5.91 Å². The Morgan fingerprint density at radius 3 is 2.76 bits per heavy atom. The number of nitrogens with zero attached hydrogens (tertiary/aromatic N) is 3. The van der Waals surface area contributed by atoms with Gasteiger partial charge in [0.2, 0.25) is 11.8 Å². The molecule has 1 unspecified atom stereocenters. The lowest BCUT2D eigenvalue weighted by atomic mass is 10.1. The van der Waals surface area contributed by atoms with Gasteiger partial charge in [0, 0.05) is 12.4 Å². The molecule has 2 heterocycles. The van der Waals surface area contributed by atoms with E-state index in [0.29, 0.717) is 5.56 Å². The maximum Gasteiger partial charge on any atom is 0.422 e. The van der Waals surface area contributed by atoms with Crippen LogP contribution in [-0.4, -0.2) is 33.6 Å². The van der Waals surface area contributed by atoms with Crippen LogP contribution in [0.15, 0.2) is 24.5 Å². The van der Waals surface area contributed by atoms with E-state index < -0.39 is 24.7 Å². The first kappa shape index (κ1) is 18.7. The normalized spacial score (nSPS) is 12.5. The maximum atomic E-state index is 12.2. The molecule has 1 amide bonds. The number of halogens is 4. The Balaban J connectivity index is 2.05. The number of alkyl halides is 3. The van der Waals surface area contributed by atoms with Gasteiger partial charge in [-0.2, -0.15) is 13.2 Å². The zero-order valence-corrected chi connectivity index (χ0v) is 13.6. The molecule has 0 bridgehead atoms. The molecule has 0 aliphatic heterocycles. The van der Waals surface area contributed by atoms with E-state index in [4.69, 9.17) is 17.3 Å². The molecule has 7 nitrogen and oxygen atoms in total. The second-order valence-electron chi connectivity index (χ2n) is 4.95. The van der Waals surface area contributed by atoms with Gasteiger partial charge in [-0.1, -0.05) is 11.6 Å². The highest BCUT2D eigenvalue weighted by atomic mass is 35.5. The number of ether oxygens (including phenoxy) is 1. The van der Waals surface area contributed by atoms with Gasteiger partial charge in [0.15, 0.2) is 6.61 Å². The van der Waals surface area contributed by atoms with Crippen molar-refractivity contribution in [2.75, 3.05) is 12.3 Å². The van der Waals surface area contributed by atoms with Gasteiger partial charge in [-0.05, 0) is 24.6 Å². The highest BCUT2D eigenvalue weighted by Crippen LogP contribution is 2.27. The number of carbonyl (C=O) groups excluding carboxylic acids is 1. The molecule has 0 radical (unpaired) electrons. The van der Waals surface area contributed by atoms with Crippen molar-refractivity contribution < 1.29 is 22.7 Å². The first-order chi connectivity index (χ1) is 11.7. The topological polar surface area (TPSA) is 103 Å². The van der Waals surface area contributed by atoms with Gasteiger partial charge in [-0.3, -0.25) is 4.79 Å². The van der Waals surface area contributed by atoms with E-state index in [1.165, 1.54) is 24.5 Å². The van der Waals surface area contributed by atoms with Crippen molar-refractivity contribution in [1.29, 1.82) is 0 Å². The van der Waals surface area contributed by atoms with Crippen LogP contribution in [0.1, 0.15) is 29.0 Å². The fraction of sp³-hybridized carbons (Fsp3) is 0.286. The minimum Gasteiger partial charge on any atom is -0.467 e. The third-order valence-corrected chi connectivity index (χ3v) is 3.23. The van der Waals surface area contributed by atoms with Gasteiger partial charge < -0.3 is 15.8 Å². The number of rotatable bonds is 5. The van der Waals surface area contributed by atoms with Crippen LogP contribution in [0.3, 0.4) is 0 Å².